The molecule has 1 N–H and O–H groups in total. The molecule has 2 aromatic carbocycles. The maximum atomic E-state index is 12.7. The maximum Gasteiger partial charge on any atom is 0.231 e. The normalized spacial score (nSPS) is 16.8. The predicted molar refractivity (Wildman–Crippen MR) is 94.8 cm³/mol. The van der Waals surface area contributed by atoms with Crippen LogP contribution in [-0.2, 0) is 4.79 Å². The summed E-state index contributed by atoms with van der Waals surface area (Å²) in [4.78, 5) is 12.7. The Morgan fingerprint density at radius 1 is 1.24 bits per heavy atom. The molecule has 4 rings (SSSR count). The number of amides is 1. The zero-order chi connectivity index (χ0) is 17.2. The standard InChI is InChI=1S/C20H19N3O2/c1-14(15-6-4-7-16(12-15)23-11-5-10-21-23)22-20(24)18-13-25-19-9-3-2-8-17(18)19/h2-12,14,18H,13H2,1H3,(H,22,24)/t14-,18+/m1/s1. The SMILES string of the molecule is C[C@@H](NC(=O)[C@H]1COc2ccccc21)c1cccc(-n2cccn2)c1. The van der Waals surface area contributed by atoms with Gasteiger partial charge in [-0.25, -0.2) is 4.68 Å². The Balaban J connectivity index is 1.50. The highest BCUT2D eigenvalue weighted by atomic mass is 16.5. The molecule has 2 heterocycles. The molecule has 2 atom stereocenters. The highest BCUT2D eigenvalue weighted by Gasteiger charge is 2.30. The van der Waals surface area contributed by atoms with Crippen molar-refractivity contribution in [2.24, 2.45) is 0 Å². The monoisotopic (exact) mass is 333 g/mol. The van der Waals surface area contributed by atoms with E-state index < -0.39 is 0 Å². The number of aromatic nitrogens is 2. The summed E-state index contributed by atoms with van der Waals surface area (Å²) in [6.45, 7) is 2.38. The number of para-hydroxylation sites is 1. The fraction of sp³-hybridized carbons (Fsp3) is 0.200. The van der Waals surface area contributed by atoms with Crippen molar-refractivity contribution in [2.45, 2.75) is 18.9 Å². The van der Waals surface area contributed by atoms with Crippen LogP contribution in [0.25, 0.3) is 5.69 Å². The second-order valence-corrected chi connectivity index (χ2v) is 6.18. The third-order valence-electron chi connectivity index (χ3n) is 4.51. The summed E-state index contributed by atoms with van der Waals surface area (Å²) < 4.78 is 7.42. The van der Waals surface area contributed by atoms with Gasteiger partial charge < -0.3 is 10.1 Å². The Morgan fingerprint density at radius 3 is 2.96 bits per heavy atom. The summed E-state index contributed by atoms with van der Waals surface area (Å²) in [5.74, 6) is 0.533. The molecule has 5 heteroatoms. The summed E-state index contributed by atoms with van der Waals surface area (Å²) in [7, 11) is 0. The summed E-state index contributed by atoms with van der Waals surface area (Å²) >= 11 is 0. The summed E-state index contributed by atoms with van der Waals surface area (Å²) in [6.07, 6.45) is 3.64. The zero-order valence-corrected chi connectivity index (χ0v) is 13.9. The predicted octanol–water partition coefficient (Wildman–Crippen LogP) is 3.23. The number of nitrogens with zero attached hydrogens (tertiary/aromatic N) is 2. The smallest absolute Gasteiger partial charge is 0.231 e. The van der Waals surface area contributed by atoms with E-state index >= 15 is 0 Å². The highest BCUT2D eigenvalue weighted by molar-refractivity contribution is 5.85. The first kappa shape index (κ1) is 15.4. The van der Waals surface area contributed by atoms with Gasteiger partial charge in [-0.1, -0.05) is 30.3 Å². The average molecular weight is 333 g/mol. The average Bonchev–Trinajstić information content (AvgIpc) is 3.31. The third kappa shape index (κ3) is 3.01. The van der Waals surface area contributed by atoms with E-state index in [4.69, 9.17) is 4.74 Å². The summed E-state index contributed by atoms with van der Waals surface area (Å²) in [5.41, 5.74) is 2.96. The van der Waals surface area contributed by atoms with Crippen LogP contribution in [0.5, 0.6) is 5.75 Å². The number of hydrogen-bond acceptors (Lipinski definition) is 3. The summed E-state index contributed by atoms with van der Waals surface area (Å²) in [5, 5.41) is 7.35. The van der Waals surface area contributed by atoms with Gasteiger partial charge in [-0.15, -0.1) is 0 Å². The Bertz CT molecular complexity index is 889. The first-order valence-corrected chi connectivity index (χ1v) is 8.34. The van der Waals surface area contributed by atoms with Crippen LogP contribution in [0.15, 0.2) is 67.0 Å². The number of hydrogen-bond donors (Lipinski definition) is 1. The molecular weight excluding hydrogens is 314 g/mol. The van der Waals surface area contributed by atoms with Crippen molar-refractivity contribution in [1.29, 1.82) is 0 Å². The van der Waals surface area contributed by atoms with E-state index in [2.05, 4.69) is 10.4 Å². The minimum absolute atomic E-state index is 0.0121. The van der Waals surface area contributed by atoms with Crippen molar-refractivity contribution in [1.82, 2.24) is 15.1 Å². The van der Waals surface area contributed by atoms with Gasteiger partial charge in [0.25, 0.3) is 0 Å². The van der Waals surface area contributed by atoms with Crippen molar-refractivity contribution >= 4 is 5.91 Å². The van der Waals surface area contributed by atoms with Gasteiger partial charge in [-0.2, -0.15) is 5.10 Å². The molecule has 1 aliphatic rings. The van der Waals surface area contributed by atoms with Crippen LogP contribution < -0.4 is 10.1 Å². The Labute approximate surface area is 146 Å². The number of carbonyl (C=O) groups excluding carboxylic acids is 1. The van der Waals surface area contributed by atoms with Gasteiger partial charge in [0, 0.05) is 18.0 Å². The molecule has 1 aliphatic heterocycles. The number of rotatable bonds is 4. The molecule has 126 valence electrons. The van der Waals surface area contributed by atoms with Crippen molar-refractivity contribution in [3.05, 3.63) is 78.1 Å². The van der Waals surface area contributed by atoms with E-state index in [0.29, 0.717) is 6.61 Å². The van der Waals surface area contributed by atoms with E-state index in [9.17, 15) is 4.79 Å². The topological polar surface area (TPSA) is 56.1 Å². The molecule has 0 saturated carbocycles. The fourth-order valence-electron chi connectivity index (χ4n) is 3.14. The van der Waals surface area contributed by atoms with Gasteiger partial charge in [-0.3, -0.25) is 4.79 Å². The van der Waals surface area contributed by atoms with Crippen LogP contribution in [0, 0.1) is 0 Å². The molecule has 1 aromatic heterocycles. The lowest BCUT2D eigenvalue weighted by Gasteiger charge is -2.18. The molecule has 1 amide bonds. The van der Waals surface area contributed by atoms with Crippen LogP contribution in [0.3, 0.4) is 0 Å². The third-order valence-corrected chi connectivity index (χ3v) is 4.51. The molecule has 0 bridgehead atoms. The number of carbonyl (C=O) groups is 1. The molecule has 5 nitrogen and oxygen atoms in total. The molecule has 0 unspecified atom stereocenters. The van der Waals surface area contributed by atoms with E-state index in [-0.39, 0.29) is 17.9 Å². The second kappa shape index (κ2) is 6.43. The van der Waals surface area contributed by atoms with Crippen LogP contribution in [0.4, 0.5) is 0 Å². The van der Waals surface area contributed by atoms with Crippen LogP contribution in [-0.4, -0.2) is 22.3 Å². The number of benzene rings is 2. The molecule has 0 saturated heterocycles. The van der Waals surface area contributed by atoms with Gasteiger partial charge in [0.1, 0.15) is 18.3 Å². The summed E-state index contributed by atoms with van der Waals surface area (Å²) in [6, 6.07) is 17.5. The molecule has 25 heavy (non-hydrogen) atoms. The van der Waals surface area contributed by atoms with Gasteiger partial charge in [-0.05, 0) is 36.8 Å². The Kier molecular flexibility index (Phi) is 3.98. The Hall–Kier alpha value is -3.08. The second-order valence-electron chi connectivity index (χ2n) is 6.18. The largest absolute Gasteiger partial charge is 0.492 e. The van der Waals surface area contributed by atoms with E-state index in [1.165, 1.54) is 0 Å². The van der Waals surface area contributed by atoms with Crippen molar-refractivity contribution in [3.63, 3.8) is 0 Å². The molecular formula is C20H19N3O2. The molecule has 0 fully saturated rings. The molecule has 0 aliphatic carbocycles. The minimum atomic E-state index is -0.257. The quantitative estimate of drug-likeness (QED) is 0.797. The number of ether oxygens (including phenoxy) is 1. The van der Waals surface area contributed by atoms with Crippen LogP contribution >= 0.6 is 0 Å². The van der Waals surface area contributed by atoms with Crippen molar-refractivity contribution in [3.8, 4) is 11.4 Å². The van der Waals surface area contributed by atoms with Gasteiger partial charge in [0.15, 0.2) is 0 Å². The first-order chi connectivity index (χ1) is 12.2. The first-order valence-electron chi connectivity index (χ1n) is 8.34. The Morgan fingerprint density at radius 2 is 2.12 bits per heavy atom. The molecule has 0 radical (unpaired) electrons. The van der Waals surface area contributed by atoms with Crippen molar-refractivity contribution < 1.29 is 9.53 Å². The number of nitrogens with one attached hydrogen (secondary N) is 1. The van der Waals surface area contributed by atoms with Gasteiger partial charge in [0.05, 0.1) is 11.7 Å². The lowest BCUT2D eigenvalue weighted by Crippen LogP contribution is -2.32. The van der Waals surface area contributed by atoms with Crippen LogP contribution in [0.2, 0.25) is 0 Å². The highest BCUT2D eigenvalue weighted by Crippen LogP contribution is 2.34. The van der Waals surface area contributed by atoms with E-state index in [0.717, 1.165) is 22.6 Å². The molecule has 3 aromatic rings. The minimum Gasteiger partial charge on any atom is -0.492 e. The number of fused-ring (bicyclic) bond motifs is 1. The van der Waals surface area contributed by atoms with Gasteiger partial charge >= 0.3 is 0 Å². The van der Waals surface area contributed by atoms with Crippen LogP contribution in [0.1, 0.15) is 30.0 Å². The molecule has 0 spiro atoms. The van der Waals surface area contributed by atoms with Crippen molar-refractivity contribution in [2.75, 3.05) is 6.61 Å². The fourth-order valence-corrected chi connectivity index (χ4v) is 3.14. The zero-order valence-electron chi connectivity index (χ0n) is 13.9. The van der Waals surface area contributed by atoms with E-state index in [1.807, 2.05) is 67.7 Å². The lowest BCUT2D eigenvalue weighted by molar-refractivity contribution is -0.123. The lowest BCUT2D eigenvalue weighted by atomic mass is 9.99. The van der Waals surface area contributed by atoms with E-state index in [1.54, 1.807) is 10.9 Å². The maximum absolute atomic E-state index is 12.7. The van der Waals surface area contributed by atoms with Gasteiger partial charge in [0.2, 0.25) is 5.91 Å².